The molecule has 0 radical (unpaired) electrons. The number of hydrazine groups is 1. The molecule has 3 rings (SSSR count). The molecule has 1 aromatic rings. The lowest BCUT2D eigenvalue weighted by Gasteiger charge is -2.34. The molecular formula is C14H19N3. The zero-order valence-electron chi connectivity index (χ0n) is 10.0. The Morgan fingerprint density at radius 1 is 1.12 bits per heavy atom. The molecule has 1 atom stereocenters. The zero-order chi connectivity index (χ0) is 11.5. The van der Waals surface area contributed by atoms with Crippen molar-refractivity contribution in [1.82, 2.24) is 10.4 Å². The third-order valence-corrected chi connectivity index (χ3v) is 3.88. The van der Waals surface area contributed by atoms with E-state index in [1.807, 2.05) is 12.4 Å². The highest BCUT2D eigenvalue weighted by Gasteiger charge is 2.29. The van der Waals surface area contributed by atoms with Crippen LogP contribution in [0.3, 0.4) is 0 Å². The van der Waals surface area contributed by atoms with E-state index in [9.17, 15) is 0 Å². The highest BCUT2D eigenvalue weighted by molar-refractivity contribution is 5.47. The summed E-state index contributed by atoms with van der Waals surface area (Å²) in [6.45, 7) is 0. The summed E-state index contributed by atoms with van der Waals surface area (Å²) >= 11 is 0. The smallest absolute Gasteiger partial charge is 0.0729 e. The van der Waals surface area contributed by atoms with Gasteiger partial charge in [0, 0.05) is 18.6 Å². The molecule has 1 unspecified atom stereocenters. The molecule has 3 nitrogen and oxygen atoms in total. The van der Waals surface area contributed by atoms with Gasteiger partial charge >= 0.3 is 0 Å². The number of nitrogens with one attached hydrogen (secondary N) is 1. The number of aromatic nitrogens is 1. The van der Waals surface area contributed by atoms with Gasteiger partial charge in [0.05, 0.1) is 11.7 Å². The number of hydrogen-bond donors (Lipinski definition) is 1. The van der Waals surface area contributed by atoms with Gasteiger partial charge < -0.3 is 5.43 Å². The largest absolute Gasteiger partial charge is 0.305 e. The van der Waals surface area contributed by atoms with E-state index in [4.69, 9.17) is 0 Å². The number of rotatable bonds is 2. The van der Waals surface area contributed by atoms with Crippen molar-refractivity contribution in [1.29, 1.82) is 0 Å². The normalized spacial score (nSPS) is 24.9. The minimum atomic E-state index is 0.512. The van der Waals surface area contributed by atoms with E-state index in [2.05, 4.69) is 39.8 Å². The van der Waals surface area contributed by atoms with E-state index in [-0.39, 0.29) is 0 Å². The van der Waals surface area contributed by atoms with Crippen molar-refractivity contribution in [3.63, 3.8) is 0 Å². The fourth-order valence-corrected chi connectivity index (χ4v) is 2.99. The topological polar surface area (TPSA) is 28.2 Å². The van der Waals surface area contributed by atoms with Gasteiger partial charge in [-0.05, 0) is 37.0 Å². The lowest BCUT2D eigenvalue weighted by molar-refractivity contribution is 0.323. The summed E-state index contributed by atoms with van der Waals surface area (Å²) in [6, 6.07) is 4.64. The molecular weight excluding hydrogens is 210 g/mol. The zero-order valence-corrected chi connectivity index (χ0v) is 10.0. The fourth-order valence-electron chi connectivity index (χ4n) is 2.99. The van der Waals surface area contributed by atoms with E-state index >= 15 is 0 Å². The highest BCUT2D eigenvalue weighted by atomic mass is 15.5. The van der Waals surface area contributed by atoms with Gasteiger partial charge in [0.15, 0.2) is 0 Å². The predicted molar refractivity (Wildman–Crippen MR) is 69.4 cm³/mol. The van der Waals surface area contributed by atoms with Gasteiger partial charge in [-0.25, -0.2) is 0 Å². The molecule has 1 aliphatic carbocycles. The molecule has 2 aliphatic rings. The second-order valence-electron chi connectivity index (χ2n) is 4.95. The maximum atomic E-state index is 4.08. The molecule has 0 spiro atoms. The minimum absolute atomic E-state index is 0.512. The molecule has 1 fully saturated rings. The fraction of sp³-hybridized carbons (Fsp3) is 0.500. The number of nitrogens with zero attached hydrogens (tertiary/aromatic N) is 2. The molecule has 0 aromatic carbocycles. The van der Waals surface area contributed by atoms with Gasteiger partial charge in [-0.15, -0.1) is 0 Å². The second-order valence-corrected chi connectivity index (χ2v) is 4.95. The average molecular weight is 229 g/mol. The number of anilines is 1. The SMILES string of the molecule is C1=CC(C2CCCCC2)N(c2ccncc2)N1. The van der Waals surface area contributed by atoms with Gasteiger partial charge in [-0.1, -0.05) is 19.3 Å². The van der Waals surface area contributed by atoms with Crippen LogP contribution in [-0.4, -0.2) is 11.0 Å². The van der Waals surface area contributed by atoms with E-state index in [0.717, 1.165) is 5.92 Å². The Morgan fingerprint density at radius 3 is 2.65 bits per heavy atom. The van der Waals surface area contributed by atoms with Crippen LogP contribution in [0.25, 0.3) is 0 Å². The van der Waals surface area contributed by atoms with Crippen LogP contribution in [-0.2, 0) is 0 Å². The molecule has 1 aliphatic heterocycles. The lowest BCUT2D eigenvalue weighted by atomic mass is 9.84. The molecule has 90 valence electrons. The highest BCUT2D eigenvalue weighted by Crippen LogP contribution is 2.32. The van der Waals surface area contributed by atoms with Crippen molar-refractivity contribution < 1.29 is 0 Å². The van der Waals surface area contributed by atoms with Gasteiger partial charge in [-0.2, -0.15) is 0 Å². The summed E-state index contributed by atoms with van der Waals surface area (Å²) in [7, 11) is 0. The Kier molecular flexibility index (Phi) is 2.99. The predicted octanol–water partition coefficient (Wildman–Crippen LogP) is 2.87. The Labute approximate surface area is 103 Å². The summed E-state index contributed by atoms with van der Waals surface area (Å²) in [5.74, 6) is 0.795. The third kappa shape index (κ3) is 2.14. The standard InChI is InChI=1S/C14H19N3/c1-2-4-12(5-3-1)14-8-11-16-17(14)13-6-9-15-10-7-13/h6-12,14,16H,1-5H2. The van der Waals surface area contributed by atoms with Crippen molar-refractivity contribution in [3.05, 3.63) is 36.8 Å². The minimum Gasteiger partial charge on any atom is -0.305 e. The van der Waals surface area contributed by atoms with E-state index in [0.29, 0.717) is 6.04 Å². The van der Waals surface area contributed by atoms with Crippen LogP contribution < -0.4 is 10.4 Å². The molecule has 0 saturated heterocycles. The maximum Gasteiger partial charge on any atom is 0.0729 e. The van der Waals surface area contributed by atoms with Crippen LogP contribution in [0.1, 0.15) is 32.1 Å². The first-order chi connectivity index (χ1) is 8.45. The number of pyridine rings is 1. The lowest BCUT2D eigenvalue weighted by Crippen LogP contribution is -2.42. The first kappa shape index (κ1) is 10.6. The molecule has 1 aromatic heterocycles. The van der Waals surface area contributed by atoms with Crippen LogP contribution in [0.2, 0.25) is 0 Å². The van der Waals surface area contributed by atoms with E-state index in [1.54, 1.807) is 0 Å². The summed E-state index contributed by atoms with van der Waals surface area (Å²) in [5, 5.41) is 2.28. The van der Waals surface area contributed by atoms with Crippen LogP contribution in [0.4, 0.5) is 5.69 Å². The Morgan fingerprint density at radius 2 is 1.88 bits per heavy atom. The second kappa shape index (κ2) is 4.78. The molecule has 1 saturated carbocycles. The van der Waals surface area contributed by atoms with Gasteiger partial charge in [0.1, 0.15) is 0 Å². The van der Waals surface area contributed by atoms with Crippen molar-refractivity contribution in [3.8, 4) is 0 Å². The molecule has 17 heavy (non-hydrogen) atoms. The quantitative estimate of drug-likeness (QED) is 0.845. The van der Waals surface area contributed by atoms with Crippen molar-refractivity contribution in [2.45, 2.75) is 38.1 Å². The summed E-state index contributed by atoms with van der Waals surface area (Å²) in [4.78, 5) is 4.08. The summed E-state index contributed by atoms with van der Waals surface area (Å²) in [6.07, 6.45) is 15.0. The monoisotopic (exact) mass is 229 g/mol. The molecule has 0 bridgehead atoms. The first-order valence-electron chi connectivity index (χ1n) is 6.57. The number of hydrogen-bond acceptors (Lipinski definition) is 3. The summed E-state index contributed by atoms with van der Waals surface area (Å²) in [5.41, 5.74) is 4.55. The van der Waals surface area contributed by atoms with Crippen molar-refractivity contribution in [2.75, 3.05) is 5.01 Å². The van der Waals surface area contributed by atoms with Crippen LogP contribution in [0, 0.1) is 5.92 Å². The van der Waals surface area contributed by atoms with Crippen LogP contribution >= 0.6 is 0 Å². The van der Waals surface area contributed by atoms with E-state index in [1.165, 1.54) is 37.8 Å². The van der Waals surface area contributed by atoms with Crippen molar-refractivity contribution >= 4 is 5.69 Å². The van der Waals surface area contributed by atoms with E-state index < -0.39 is 0 Å². The van der Waals surface area contributed by atoms with Crippen LogP contribution in [0.5, 0.6) is 0 Å². The Balaban J connectivity index is 1.77. The maximum absolute atomic E-state index is 4.08. The first-order valence-corrected chi connectivity index (χ1v) is 6.57. The molecule has 3 heteroatoms. The van der Waals surface area contributed by atoms with Gasteiger partial charge in [0.2, 0.25) is 0 Å². The average Bonchev–Trinajstić information content (AvgIpc) is 2.90. The third-order valence-electron chi connectivity index (χ3n) is 3.88. The summed E-state index contributed by atoms with van der Waals surface area (Å²) < 4.78 is 0. The Bertz CT molecular complexity index is 382. The van der Waals surface area contributed by atoms with Crippen LogP contribution in [0.15, 0.2) is 36.8 Å². The van der Waals surface area contributed by atoms with Gasteiger partial charge in [0.25, 0.3) is 0 Å². The Hall–Kier alpha value is -1.51. The molecule has 2 heterocycles. The molecule has 0 amide bonds. The van der Waals surface area contributed by atoms with Crippen molar-refractivity contribution in [2.24, 2.45) is 5.92 Å². The molecule has 1 N–H and O–H groups in total. The van der Waals surface area contributed by atoms with Gasteiger partial charge in [-0.3, -0.25) is 9.99 Å².